The number of carbonyl (C=O) groups is 1. The summed E-state index contributed by atoms with van der Waals surface area (Å²) in [5.74, 6) is 1.38. The number of carbonyl (C=O) groups excluding carboxylic acids is 1. The summed E-state index contributed by atoms with van der Waals surface area (Å²) < 4.78 is 1.89. The Morgan fingerprint density at radius 1 is 1.28 bits per heavy atom. The zero-order chi connectivity index (χ0) is 20.9. The number of benzene rings is 1. The van der Waals surface area contributed by atoms with Crippen LogP contribution in [0.25, 0.3) is 0 Å². The number of hydrazone groups is 1. The Bertz CT molecular complexity index is 846. The van der Waals surface area contributed by atoms with Gasteiger partial charge in [-0.25, -0.2) is 5.43 Å². The van der Waals surface area contributed by atoms with Crippen molar-refractivity contribution >= 4 is 23.4 Å². The second kappa shape index (κ2) is 9.57. The number of hydrogen-bond acceptors (Lipinski definition) is 5. The first kappa shape index (κ1) is 21.6. The minimum Gasteiger partial charge on any atom is -0.312 e. The smallest absolute Gasteiger partial charge is 0.271 e. The summed E-state index contributed by atoms with van der Waals surface area (Å²) in [6.07, 6.45) is 7.17. The van der Waals surface area contributed by atoms with Crippen molar-refractivity contribution in [2.24, 2.45) is 23.5 Å². The van der Waals surface area contributed by atoms with Crippen molar-refractivity contribution in [3.05, 3.63) is 41.7 Å². The van der Waals surface area contributed by atoms with E-state index in [1.54, 1.807) is 18.1 Å². The Morgan fingerprint density at radius 3 is 2.55 bits per heavy atom. The molecule has 1 aromatic carbocycles. The van der Waals surface area contributed by atoms with Gasteiger partial charge in [0.05, 0.1) is 0 Å². The van der Waals surface area contributed by atoms with E-state index in [1.165, 1.54) is 6.42 Å². The Morgan fingerprint density at radius 2 is 1.97 bits per heavy atom. The SMILES string of the molecule is CCC(C)(C)C1CCC(=NNC(=O)c2ccc(CSc3nncn3C)cc2)CC1. The molecule has 0 spiro atoms. The number of rotatable bonds is 7. The third kappa shape index (κ3) is 5.69. The predicted octanol–water partition coefficient (Wildman–Crippen LogP) is 4.82. The van der Waals surface area contributed by atoms with Gasteiger partial charge in [0.15, 0.2) is 5.16 Å². The average molecular weight is 414 g/mol. The van der Waals surface area contributed by atoms with E-state index >= 15 is 0 Å². The van der Waals surface area contributed by atoms with Crippen LogP contribution >= 0.6 is 11.8 Å². The molecule has 1 amide bonds. The van der Waals surface area contributed by atoms with Gasteiger partial charge >= 0.3 is 0 Å². The fourth-order valence-corrected chi connectivity index (χ4v) is 4.47. The molecule has 7 heteroatoms. The van der Waals surface area contributed by atoms with E-state index in [9.17, 15) is 4.79 Å². The summed E-state index contributed by atoms with van der Waals surface area (Å²) in [6, 6.07) is 7.65. The highest BCUT2D eigenvalue weighted by molar-refractivity contribution is 7.98. The van der Waals surface area contributed by atoms with Gasteiger partial charge in [0.25, 0.3) is 5.91 Å². The number of aromatic nitrogens is 3. The molecule has 2 aromatic rings. The first-order valence-electron chi connectivity index (χ1n) is 10.3. The Labute approximate surface area is 177 Å². The molecule has 0 unspecified atom stereocenters. The van der Waals surface area contributed by atoms with Crippen LogP contribution in [0.5, 0.6) is 0 Å². The molecule has 1 aliphatic rings. The van der Waals surface area contributed by atoms with Gasteiger partial charge in [-0.05, 0) is 54.7 Å². The molecule has 0 bridgehead atoms. The highest BCUT2D eigenvalue weighted by atomic mass is 32.2. The normalized spacial score (nSPS) is 17.2. The van der Waals surface area contributed by atoms with Gasteiger partial charge in [0, 0.05) is 24.1 Å². The van der Waals surface area contributed by atoms with Crippen LogP contribution in [-0.4, -0.2) is 26.4 Å². The van der Waals surface area contributed by atoms with E-state index in [0.29, 0.717) is 11.0 Å². The monoisotopic (exact) mass is 413 g/mol. The van der Waals surface area contributed by atoms with Crippen molar-refractivity contribution in [3.63, 3.8) is 0 Å². The highest BCUT2D eigenvalue weighted by Crippen LogP contribution is 2.39. The van der Waals surface area contributed by atoms with Gasteiger partial charge in [0.1, 0.15) is 6.33 Å². The first-order chi connectivity index (χ1) is 13.9. The largest absolute Gasteiger partial charge is 0.312 e. The maximum atomic E-state index is 12.4. The maximum absolute atomic E-state index is 12.4. The molecule has 1 aliphatic carbocycles. The molecule has 6 nitrogen and oxygen atoms in total. The molecule has 156 valence electrons. The molecule has 0 atom stereocenters. The van der Waals surface area contributed by atoms with Gasteiger partial charge in [0.2, 0.25) is 0 Å². The lowest BCUT2D eigenvalue weighted by molar-refractivity contribution is 0.0954. The molecule has 1 saturated carbocycles. The predicted molar refractivity (Wildman–Crippen MR) is 118 cm³/mol. The molecule has 0 saturated heterocycles. The van der Waals surface area contributed by atoms with Crippen molar-refractivity contribution in [1.29, 1.82) is 0 Å². The third-order valence-corrected chi connectivity index (χ3v) is 7.25. The van der Waals surface area contributed by atoms with Gasteiger partial charge in [-0.2, -0.15) is 5.10 Å². The molecular formula is C22H31N5OS. The summed E-state index contributed by atoms with van der Waals surface area (Å²) in [5, 5.41) is 13.2. The van der Waals surface area contributed by atoms with Gasteiger partial charge in [-0.1, -0.05) is 51.1 Å². The van der Waals surface area contributed by atoms with Gasteiger partial charge in [-0.3, -0.25) is 4.79 Å². The molecule has 3 rings (SSSR count). The van der Waals surface area contributed by atoms with E-state index in [2.05, 4.69) is 41.5 Å². The van der Waals surface area contributed by atoms with Crippen LogP contribution in [0.4, 0.5) is 0 Å². The maximum Gasteiger partial charge on any atom is 0.271 e. The fourth-order valence-electron chi connectivity index (χ4n) is 3.63. The minimum atomic E-state index is -0.152. The zero-order valence-electron chi connectivity index (χ0n) is 17.8. The summed E-state index contributed by atoms with van der Waals surface area (Å²) in [6.45, 7) is 6.98. The lowest BCUT2D eigenvalue weighted by Crippen LogP contribution is -2.29. The van der Waals surface area contributed by atoms with E-state index in [0.717, 1.165) is 53.8 Å². The van der Waals surface area contributed by atoms with Crippen LogP contribution in [0.1, 0.15) is 68.8 Å². The van der Waals surface area contributed by atoms with Crippen molar-refractivity contribution in [2.75, 3.05) is 0 Å². The highest BCUT2D eigenvalue weighted by Gasteiger charge is 2.30. The number of aryl methyl sites for hydroxylation is 1. The van der Waals surface area contributed by atoms with Gasteiger partial charge in [-0.15, -0.1) is 10.2 Å². The molecule has 1 aromatic heterocycles. The topological polar surface area (TPSA) is 72.2 Å². The standard InChI is InChI=1S/C22H31N5OS/c1-5-22(2,3)18-10-12-19(13-11-18)24-25-20(28)17-8-6-16(7-9-17)14-29-21-26-23-15-27(21)4/h6-9,15,18H,5,10-14H2,1-4H3,(H,25,28). The third-order valence-electron chi connectivity index (χ3n) is 6.15. The van der Waals surface area contributed by atoms with Crippen molar-refractivity contribution in [2.45, 2.75) is 63.8 Å². The van der Waals surface area contributed by atoms with E-state index in [4.69, 9.17) is 0 Å². The van der Waals surface area contributed by atoms with Crippen molar-refractivity contribution in [3.8, 4) is 0 Å². The average Bonchev–Trinajstić information content (AvgIpc) is 3.16. The van der Waals surface area contributed by atoms with Gasteiger partial charge < -0.3 is 4.57 Å². The number of nitrogens with zero attached hydrogens (tertiary/aromatic N) is 4. The molecule has 0 aliphatic heterocycles. The van der Waals surface area contributed by atoms with Crippen LogP contribution in [-0.2, 0) is 12.8 Å². The number of hydrogen-bond donors (Lipinski definition) is 1. The van der Waals surface area contributed by atoms with E-state index < -0.39 is 0 Å². The van der Waals surface area contributed by atoms with Crippen LogP contribution in [0.15, 0.2) is 40.9 Å². The van der Waals surface area contributed by atoms with Crippen LogP contribution in [0, 0.1) is 11.3 Å². The number of thioether (sulfide) groups is 1. The molecule has 29 heavy (non-hydrogen) atoms. The summed E-state index contributed by atoms with van der Waals surface area (Å²) >= 11 is 1.62. The van der Waals surface area contributed by atoms with Crippen LogP contribution < -0.4 is 5.43 Å². The Balaban J connectivity index is 1.48. The molecule has 1 heterocycles. The summed E-state index contributed by atoms with van der Waals surface area (Å²) in [5.41, 5.74) is 6.00. The minimum absolute atomic E-state index is 0.152. The first-order valence-corrected chi connectivity index (χ1v) is 11.3. The molecular weight excluding hydrogens is 382 g/mol. The second-order valence-corrected chi connectivity index (χ2v) is 9.39. The van der Waals surface area contributed by atoms with Crippen LogP contribution in [0.3, 0.4) is 0 Å². The lowest BCUT2D eigenvalue weighted by atomic mass is 9.69. The quantitative estimate of drug-likeness (QED) is 0.522. The summed E-state index contributed by atoms with van der Waals surface area (Å²) in [7, 11) is 1.93. The number of nitrogens with one attached hydrogen (secondary N) is 1. The second-order valence-electron chi connectivity index (χ2n) is 8.45. The van der Waals surface area contributed by atoms with Crippen molar-refractivity contribution < 1.29 is 4.79 Å². The lowest BCUT2D eigenvalue weighted by Gasteiger charge is -2.36. The van der Waals surface area contributed by atoms with Crippen molar-refractivity contribution in [1.82, 2.24) is 20.2 Å². The van der Waals surface area contributed by atoms with Crippen LogP contribution in [0.2, 0.25) is 0 Å². The van der Waals surface area contributed by atoms with E-state index in [1.807, 2.05) is 35.9 Å². The Hall–Kier alpha value is -2.15. The van der Waals surface area contributed by atoms with E-state index in [-0.39, 0.29) is 5.91 Å². The zero-order valence-corrected chi connectivity index (χ0v) is 18.6. The Kier molecular flexibility index (Phi) is 7.11. The number of amides is 1. The molecule has 0 radical (unpaired) electrons. The molecule has 1 fully saturated rings. The summed E-state index contributed by atoms with van der Waals surface area (Å²) in [4.78, 5) is 12.4. The fraction of sp³-hybridized carbons (Fsp3) is 0.545. The molecule has 1 N–H and O–H groups in total.